The fourth-order valence-electron chi connectivity index (χ4n) is 1.48. The van der Waals surface area contributed by atoms with Crippen LogP contribution in [0.5, 0.6) is 0 Å². The first-order valence-corrected chi connectivity index (χ1v) is 6.54. The van der Waals surface area contributed by atoms with Crippen molar-refractivity contribution < 1.29 is 4.79 Å². The summed E-state index contributed by atoms with van der Waals surface area (Å²) in [5.41, 5.74) is 1.46. The Bertz CT molecular complexity index is 662. The van der Waals surface area contributed by atoms with Gasteiger partial charge < -0.3 is 5.32 Å². The third-order valence-electron chi connectivity index (χ3n) is 2.45. The molecule has 1 N–H and O–H groups in total. The summed E-state index contributed by atoms with van der Waals surface area (Å²) in [7, 11) is 0. The van der Waals surface area contributed by atoms with Gasteiger partial charge in [-0.1, -0.05) is 27.5 Å². The van der Waals surface area contributed by atoms with E-state index in [9.17, 15) is 4.79 Å². The van der Waals surface area contributed by atoms with Crippen LogP contribution in [0.1, 0.15) is 15.9 Å². The van der Waals surface area contributed by atoms with Crippen LogP contribution in [-0.4, -0.2) is 5.91 Å². The minimum atomic E-state index is -0.251. The molecule has 19 heavy (non-hydrogen) atoms. The Kier molecular flexibility index (Phi) is 4.20. The number of benzene rings is 2. The van der Waals surface area contributed by atoms with E-state index in [1.54, 1.807) is 36.4 Å². The van der Waals surface area contributed by atoms with Gasteiger partial charge in [0.15, 0.2) is 0 Å². The number of carbonyl (C=O) groups excluding carboxylic acids is 1. The summed E-state index contributed by atoms with van der Waals surface area (Å²) in [6, 6.07) is 13.7. The quantitative estimate of drug-likeness (QED) is 0.893. The predicted octanol–water partition coefficient (Wildman–Crippen LogP) is 4.23. The van der Waals surface area contributed by atoms with Crippen molar-refractivity contribution >= 4 is 39.1 Å². The minimum absolute atomic E-state index is 0.251. The lowest BCUT2D eigenvalue weighted by Gasteiger charge is -2.07. The molecule has 0 unspecified atom stereocenters. The molecule has 0 atom stereocenters. The van der Waals surface area contributed by atoms with Gasteiger partial charge in [0.25, 0.3) is 5.91 Å². The molecule has 0 aromatic heterocycles. The molecule has 0 spiro atoms. The standard InChI is InChI=1S/C14H8BrClN2O/c15-11-4-2-10(3-5-11)14(19)18-13-6-1-9(8-17)7-12(13)16/h1-7H,(H,18,19). The van der Waals surface area contributed by atoms with Crippen molar-refractivity contribution in [2.75, 3.05) is 5.32 Å². The summed E-state index contributed by atoms with van der Waals surface area (Å²) in [6.45, 7) is 0. The second kappa shape index (κ2) is 5.87. The Morgan fingerprint density at radius 3 is 2.47 bits per heavy atom. The first-order valence-electron chi connectivity index (χ1n) is 5.37. The van der Waals surface area contributed by atoms with Gasteiger partial charge in [-0.15, -0.1) is 0 Å². The summed E-state index contributed by atoms with van der Waals surface area (Å²) in [5, 5.41) is 11.8. The van der Waals surface area contributed by atoms with Gasteiger partial charge >= 0.3 is 0 Å². The summed E-state index contributed by atoms with van der Waals surface area (Å²) >= 11 is 9.30. The maximum atomic E-state index is 12.0. The zero-order valence-corrected chi connectivity index (χ0v) is 12.0. The van der Waals surface area contributed by atoms with Crippen molar-refractivity contribution in [3.8, 4) is 6.07 Å². The second-order valence-electron chi connectivity index (χ2n) is 3.77. The number of anilines is 1. The third-order valence-corrected chi connectivity index (χ3v) is 3.29. The van der Waals surface area contributed by atoms with Crippen molar-refractivity contribution in [1.82, 2.24) is 0 Å². The van der Waals surface area contributed by atoms with Crippen LogP contribution in [0.15, 0.2) is 46.9 Å². The zero-order chi connectivity index (χ0) is 13.8. The van der Waals surface area contributed by atoms with Crippen molar-refractivity contribution in [2.45, 2.75) is 0 Å². The fourth-order valence-corrected chi connectivity index (χ4v) is 1.97. The number of halogens is 2. The number of nitriles is 1. The molecule has 0 bridgehead atoms. The van der Waals surface area contributed by atoms with E-state index in [1.807, 2.05) is 6.07 Å². The first kappa shape index (κ1) is 13.6. The van der Waals surface area contributed by atoms with Crippen molar-refractivity contribution in [2.24, 2.45) is 0 Å². The van der Waals surface area contributed by atoms with Crippen LogP contribution < -0.4 is 5.32 Å². The summed E-state index contributed by atoms with van der Waals surface area (Å²) in [4.78, 5) is 12.0. The molecule has 2 aromatic rings. The van der Waals surface area contributed by atoms with Crippen LogP contribution >= 0.6 is 27.5 Å². The van der Waals surface area contributed by atoms with E-state index in [1.165, 1.54) is 6.07 Å². The average Bonchev–Trinajstić information content (AvgIpc) is 2.41. The largest absolute Gasteiger partial charge is 0.321 e. The number of carbonyl (C=O) groups is 1. The number of nitrogens with zero attached hydrogens (tertiary/aromatic N) is 1. The van der Waals surface area contributed by atoms with Crippen LogP contribution in [0.25, 0.3) is 0 Å². The van der Waals surface area contributed by atoms with Gasteiger partial charge in [0.05, 0.1) is 22.3 Å². The number of rotatable bonds is 2. The SMILES string of the molecule is N#Cc1ccc(NC(=O)c2ccc(Br)cc2)c(Cl)c1. The Balaban J connectivity index is 2.20. The molecule has 3 nitrogen and oxygen atoms in total. The number of nitrogens with one attached hydrogen (secondary N) is 1. The maximum absolute atomic E-state index is 12.0. The smallest absolute Gasteiger partial charge is 0.255 e. The summed E-state index contributed by atoms with van der Waals surface area (Å²) < 4.78 is 0.903. The number of hydrogen-bond acceptors (Lipinski definition) is 2. The zero-order valence-electron chi connectivity index (χ0n) is 9.65. The van der Waals surface area contributed by atoms with Gasteiger partial charge in [0.2, 0.25) is 0 Å². The van der Waals surface area contributed by atoms with Crippen molar-refractivity contribution in [3.63, 3.8) is 0 Å². The van der Waals surface area contributed by atoms with E-state index < -0.39 is 0 Å². The second-order valence-corrected chi connectivity index (χ2v) is 5.09. The highest BCUT2D eigenvalue weighted by Gasteiger charge is 2.08. The molecule has 5 heteroatoms. The molecule has 0 aliphatic rings. The summed E-state index contributed by atoms with van der Waals surface area (Å²) in [5.74, 6) is -0.251. The monoisotopic (exact) mass is 334 g/mol. The predicted molar refractivity (Wildman–Crippen MR) is 78.3 cm³/mol. The van der Waals surface area contributed by atoms with Gasteiger partial charge in [-0.25, -0.2) is 0 Å². The molecule has 94 valence electrons. The molecule has 2 aromatic carbocycles. The van der Waals surface area contributed by atoms with Gasteiger partial charge in [0, 0.05) is 10.0 Å². The van der Waals surface area contributed by atoms with Crippen LogP contribution in [-0.2, 0) is 0 Å². The Labute approximate surface area is 123 Å². The third kappa shape index (κ3) is 3.34. The molecule has 0 heterocycles. The number of hydrogen-bond donors (Lipinski definition) is 1. The molecular weight excluding hydrogens is 328 g/mol. The molecular formula is C14H8BrClN2O. The molecule has 0 saturated carbocycles. The van der Waals surface area contributed by atoms with E-state index in [2.05, 4.69) is 21.2 Å². The van der Waals surface area contributed by atoms with Crippen molar-refractivity contribution in [1.29, 1.82) is 5.26 Å². The minimum Gasteiger partial charge on any atom is -0.321 e. The average molecular weight is 336 g/mol. The molecule has 0 saturated heterocycles. The first-order chi connectivity index (χ1) is 9.10. The molecule has 0 fully saturated rings. The lowest BCUT2D eigenvalue weighted by molar-refractivity contribution is 0.102. The van der Waals surface area contributed by atoms with E-state index in [4.69, 9.17) is 16.9 Å². The van der Waals surface area contributed by atoms with Crippen LogP contribution in [0, 0.1) is 11.3 Å². The Morgan fingerprint density at radius 2 is 1.89 bits per heavy atom. The molecule has 0 aliphatic carbocycles. The lowest BCUT2D eigenvalue weighted by atomic mass is 10.2. The van der Waals surface area contributed by atoms with E-state index in [-0.39, 0.29) is 5.91 Å². The highest BCUT2D eigenvalue weighted by Crippen LogP contribution is 2.23. The number of amides is 1. The van der Waals surface area contributed by atoms with Crippen LogP contribution in [0.3, 0.4) is 0 Å². The van der Waals surface area contributed by atoms with Crippen molar-refractivity contribution in [3.05, 3.63) is 63.1 Å². The highest BCUT2D eigenvalue weighted by atomic mass is 79.9. The molecule has 1 amide bonds. The van der Waals surface area contributed by atoms with Gasteiger partial charge in [-0.2, -0.15) is 5.26 Å². The molecule has 0 radical (unpaired) electrons. The van der Waals surface area contributed by atoms with Crippen LogP contribution in [0.2, 0.25) is 5.02 Å². The summed E-state index contributed by atoms with van der Waals surface area (Å²) in [6.07, 6.45) is 0. The Hall–Kier alpha value is -1.83. The van der Waals surface area contributed by atoms with Gasteiger partial charge in [-0.05, 0) is 42.5 Å². The van der Waals surface area contributed by atoms with Gasteiger partial charge in [0.1, 0.15) is 0 Å². The molecule has 0 aliphatic heterocycles. The van der Waals surface area contributed by atoms with E-state index >= 15 is 0 Å². The van der Waals surface area contributed by atoms with E-state index in [0.29, 0.717) is 21.8 Å². The Morgan fingerprint density at radius 1 is 1.21 bits per heavy atom. The normalized spacial score (nSPS) is 9.74. The van der Waals surface area contributed by atoms with Gasteiger partial charge in [-0.3, -0.25) is 4.79 Å². The topological polar surface area (TPSA) is 52.9 Å². The highest BCUT2D eigenvalue weighted by molar-refractivity contribution is 9.10. The fraction of sp³-hybridized carbons (Fsp3) is 0. The molecule has 2 rings (SSSR count). The van der Waals surface area contributed by atoms with E-state index in [0.717, 1.165) is 4.47 Å². The maximum Gasteiger partial charge on any atom is 0.255 e. The lowest BCUT2D eigenvalue weighted by Crippen LogP contribution is -2.12. The van der Waals surface area contributed by atoms with Crippen LogP contribution in [0.4, 0.5) is 5.69 Å².